The van der Waals surface area contributed by atoms with Gasteiger partial charge in [0.1, 0.15) is 0 Å². The first-order chi connectivity index (χ1) is 10.0. The van der Waals surface area contributed by atoms with Crippen LogP contribution in [0.25, 0.3) is 0 Å². The van der Waals surface area contributed by atoms with Gasteiger partial charge in [0.2, 0.25) is 0 Å². The van der Waals surface area contributed by atoms with E-state index in [4.69, 9.17) is 0 Å². The second-order valence-electron chi connectivity index (χ2n) is 8.31. The topological polar surface area (TPSA) is 15.3 Å². The van der Waals surface area contributed by atoms with Crippen molar-refractivity contribution < 1.29 is 0 Å². The van der Waals surface area contributed by atoms with E-state index in [1.54, 1.807) is 0 Å². The number of rotatable bonds is 5. The fourth-order valence-electron chi connectivity index (χ4n) is 4.67. The van der Waals surface area contributed by atoms with Gasteiger partial charge in [-0.1, -0.05) is 33.6 Å². The molecule has 1 heterocycles. The second-order valence-corrected chi connectivity index (χ2v) is 10.2. The molecule has 3 heteroatoms. The number of nitrogens with zero attached hydrogens (tertiary/aromatic N) is 1. The predicted octanol–water partition coefficient (Wildman–Crippen LogP) is 3.76. The van der Waals surface area contributed by atoms with E-state index in [1.165, 1.54) is 64.7 Å². The van der Waals surface area contributed by atoms with Crippen LogP contribution in [-0.4, -0.2) is 47.6 Å². The summed E-state index contributed by atoms with van der Waals surface area (Å²) >= 11 is 2.18. The maximum absolute atomic E-state index is 3.87. The maximum Gasteiger partial charge on any atom is 0.0149 e. The summed E-state index contributed by atoms with van der Waals surface area (Å²) in [4.78, 5) is 2.79. The van der Waals surface area contributed by atoms with Crippen LogP contribution < -0.4 is 5.32 Å². The van der Waals surface area contributed by atoms with Crippen LogP contribution in [0.5, 0.6) is 0 Å². The van der Waals surface area contributed by atoms with E-state index in [2.05, 4.69) is 42.7 Å². The Kier molecular flexibility index (Phi) is 5.23. The van der Waals surface area contributed by atoms with Crippen LogP contribution in [0.1, 0.15) is 59.3 Å². The molecule has 3 rings (SSSR count). The first-order valence-electron chi connectivity index (χ1n) is 9.16. The first kappa shape index (κ1) is 16.1. The third-order valence-corrected chi connectivity index (χ3v) is 6.81. The maximum atomic E-state index is 3.87. The van der Waals surface area contributed by atoms with Crippen molar-refractivity contribution in [3.8, 4) is 0 Å². The lowest BCUT2D eigenvalue weighted by Gasteiger charge is -2.46. The molecule has 21 heavy (non-hydrogen) atoms. The monoisotopic (exact) mass is 310 g/mol. The quantitative estimate of drug-likeness (QED) is 0.832. The van der Waals surface area contributed by atoms with Crippen molar-refractivity contribution in [2.75, 3.05) is 26.2 Å². The zero-order chi connectivity index (χ0) is 14.9. The first-order valence-corrected chi connectivity index (χ1v) is 10.1. The molecule has 2 aliphatic carbocycles. The van der Waals surface area contributed by atoms with Crippen molar-refractivity contribution in [1.82, 2.24) is 10.2 Å². The van der Waals surface area contributed by atoms with E-state index in [-0.39, 0.29) is 0 Å². The lowest BCUT2D eigenvalue weighted by Crippen LogP contribution is -2.51. The highest BCUT2D eigenvalue weighted by atomic mass is 32.2. The van der Waals surface area contributed by atoms with Gasteiger partial charge in [-0.05, 0) is 37.0 Å². The zero-order valence-corrected chi connectivity index (χ0v) is 15.1. The Balaban J connectivity index is 1.62. The van der Waals surface area contributed by atoms with Gasteiger partial charge in [0.05, 0.1) is 0 Å². The molecule has 0 spiro atoms. The van der Waals surface area contributed by atoms with Crippen molar-refractivity contribution in [1.29, 1.82) is 0 Å². The van der Waals surface area contributed by atoms with Gasteiger partial charge in [0.15, 0.2) is 0 Å². The van der Waals surface area contributed by atoms with Gasteiger partial charge < -0.3 is 10.2 Å². The van der Waals surface area contributed by atoms with Gasteiger partial charge in [0.25, 0.3) is 0 Å². The van der Waals surface area contributed by atoms with Crippen molar-refractivity contribution >= 4 is 11.8 Å². The normalized spacial score (nSPS) is 42.1. The second kappa shape index (κ2) is 6.80. The van der Waals surface area contributed by atoms with Crippen LogP contribution in [0.4, 0.5) is 0 Å². The molecule has 2 nitrogen and oxygen atoms in total. The van der Waals surface area contributed by atoms with Gasteiger partial charge in [0, 0.05) is 42.7 Å². The average molecular weight is 311 g/mol. The predicted molar refractivity (Wildman–Crippen MR) is 94.0 cm³/mol. The van der Waals surface area contributed by atoms with Gasteiger partial charge >= 0.3 is 0 Å². The van der Waals surface area contributed by atoms with E-state index in [1.807, 2.05) is 0 Å². The third-order valence-electron chi connectivity index (χ3n) is 5.58. The molecule has 0 amide bonds. The molecule has 1 aliphatic heterocycles. The molecule has 3 aliphatic rings. The summed E-state index contributed by atoms with van der Waals surface area (Å²) in [5.41, 5.74) is 0.557. The van der Waals surface area contributed by atoms with E-state index in [9.17, 15) is 0 Å². The lowest BCUT2D eigenvalue weighted by atomic mass is 9.69. The van der Waals surface area contributed by atoms with E-state index in [0.29, 0.717) is 5.41 Å². The van der Waals surface area contributed by atoms with E-state index < -0.39 is 0 Å². The molecule has 3 fully saturated rings. The minimum absolute atomic E-state index is 0.557. The molecular weight excluding hydrogens is 276 g/mol. The highest BCUT2D eigenvalue weighted by Crippen LogP contribution is 2.41. The minimum atomic E-state index is 0.557. The van der Waals surface area contributed by atoms with Crippen LogP contribution in [0.15, 0.2) is 0 Å². The SMILES string of the molecule is CC1CCCC(CNC2CC2)(CN2CC(C)SC(C)C2)C1. The molecule has 4 atom stereocenters. The van der Waals surface area contributed by atoms with Crippen LogP contribution in [0.3, 0.4) is 0 Å². The van der Waals surface area contributed by atoms with Gasteiger partial charge in [-0.3, -0.25) is 0 Å². The Morgan fingerprint density at radius 1 is 1.10 bits per heavy atom. The van der Waals surface area contributed by atoms with E-state index in [0.717, 1.165) is 22.5 Å². The van der Waals surface area contributed by atoms with Gasteiger partial charge in [-0.2, -0.15) is 11.8 Å². The number of thioether (sulfide) groups is 1. The smallest absolute Gasteiger partial charge is 0.0149 e. The fraction of sp³-hybridized carbons (Fsp3) is 1.00. The largest absolute Gasteiger partial charge is 0.313 e. The van der Waals surface area contributed by atoms with Crippen LogP contribution in [-0.2, 0) is 0 Å². The summed E-state index contributed by atoms with van der Waals surface area (Å²) < 4.78 is 0. The molecule has 0 bridgehead atoms. The minimum Gasteiger partial charge on any atom is -0.313 e. The van der Waals surface area contributed by atoms with E-state index >= 15 is 0 Å². The number of hydrogen-bond donors (Lipinski definition) is 1. The molecule has 0 aromatic heterocycles. The summed E-state index contributed by atoms with van der Waals surface area (Å²) in [6.45, 7) is 12.5. The van der Waals surface area contributed by atoms with Crippen molar-refractivity contribution in [2.45, 2.75) is 75.8 Å². The molecule has 4 unspecified atom stereocenters. The Hall–Kier alpha value is 0.270. The summed E-state index contributed by atoms with van der Waals surface area (Å²) in [6, 6.07) is 0.855. The number of nitrogens with one attached hydrogen (secondary N) is 1. The highest BCUT2D eigenvalue weighted by Gasteiger charge is 2.39. The van der Waals surface area contributed by atoms with Crippen molar-refractivity contribution in [3.05, 3.63) is 0 Å². The van der Waals surface area contributed by atoms with Gasteiger partial charge in [-0.25, -0.2) is 0 Å². The van der Waals surface area contributed by atoms with Crippen LogP contribution in [0.2, 0.25) is 0 Å². The standard InChI is InChI=1S/C18H34N2S/c1-14-5-4-8-18(9-14,12-19-17-6-7-17)13-20-10-15(2)21-16(3)11-20/h14-17,19H,4-13H2,1-3H3. The molecule has 0 aromatic rings. The zero-order valence-electron chi connectivity index (χ0n) is 14.2. The van der Waals surface area contributed by atoms with Crippen molar-refractivity contribution in [2.24, 2.45) is 11.3 Å². The number of hydrogen-bond acceptors (Lipinski definition) is 3. The molecule has 1 N–H and O–H groups in total. The fourth-order valence-corrected chi connectivity index (χ4v) is 6.05. The Morgan fingerprint density at radius 3 is 2.43 bits per heavy atom. The lowest BCUT2D eigenvalue weighted by molar-refractivity contribution is 0.0787. The molecule has 0 aromatic carbocycles. The summed E-state index contributed by atoms with van der Waals surface area (Å²) in [7, 11) is 0. The summed E-state index contributed by atoms with van der Waals surface area (Å²) in [5.74, 6) is 0.925. The molecule has 0 radical (unpaired) electrons. The molecule has 1 saturated heterocycles. The third kappa shape index (κ3) is 4.62. The Labute approximate surface area is 135 Å². The Bertz CT molecular complexity index is 334. The summed E-state index contributed by atoms with van der Waals surface area (Å²) in [6.07, 6.45) is 8.62. The van der Waals surface area contributed by atoms with Crippen LogP contribution in [0, 0.1) is 11.3 Å². The molecular formula is C18H34N2S. The van der Waals surface area contributed by atoms with Crippen LogP contribution >= 0.6 is 11.8 Å². The highest BCUT2D eigenvalue weighted by molar-refractivity contribution is 8.00. The molecule has 122 valence electrons. The van der Waals surface area contributed by atoms with Crippen molar-refractivity contribution in [3.63, 3.8) is 0 Å². The Morgan fingerprint density at radius 2 is 1.81 bits per heavy atom. The average Bonchev–Trinajstić information content (AvgIpc) is 3.19. The molecule has 2 saturated carbocycles. The van der Waals surface area contributed by atoms with Gasteiger partial charge in [-0.15, -0.1) is 0 Å². The summed E-state index contributed by atoms with van der Waals surface area (Å²) in [5, 5.41) is 5.48.